The van der Waals surface area contributed by atoms with E-state index in [9.17, 15) is 18.8 Å². The molecule has 1 saturated heterocycles. The van der Waals surface area contributed by atoms with Crippen LogP contribution in [0.4, 0.5) is 30.8 Å². The summed E-state index contributed by atoms with van der Waals surface area (Å²) in [6, 6.07) is 11.6. The zero-order valence-electron chi connectivity index (χ0n) is 25.3. The fourth-order valence-electron chi connectivity index (χ4n) is 5.18. The van der Waals surface area contributed by atoms with Gasteiger partial charge in [-0.1, -0.05) is 0 Å². The molecular formula is C32H37F2N7O4. The fraction of sp³-hybridized carbons (Fsp3) is 0.375. The van der Waals surface area contributed by atoms with Gasteiger partial charge in [0.2, 0.25) is 11.8 Å². The largest absolute Gasteiger partial charge is 0.457 e. The van der Waals surface area contributed by atoms with Gasteiger partial charge in [0.25, 0.3) is 0 Å². The highest BCUT2D eigenvalue weighted by Crippen LogP contribution is 2.49. The van der Waals surface area contributed by atoms with Crippen LogP contribution >= 0.6 is 0 Å². The van der Waals surface area contributed by atoms with Crippen molar-refractivity contribution in [2.24, 2.45) is 11.1 Å². The normalized spacial score (nSPS) is 16.1. The number of benzene rings is 2. The lowest BCUT2D eigenvalue weighted by Gasteiger charge is -2.32. The molecule has 1 saturated carbocycles. The molecule has 5 rings (SSSR count). The smallest absolute Gasteiger partial charge is 0.322 e. The average Bonchev–Trinajstić information content (AvgIpc) is 3.83. The summed E-state index contributed by atoms with van der Waals surface area (Å²) >= 11 is 0. The van der Waals surface area contributed by atoms with E-state index in [4.69, 9.17) is 10.5 Å². The molecule has 0 bridgehead atoms. The summed E-state index contributed by atoms with van der Waals surface area (Å²) in [4.78, 5) is 49.8. The first-order chi connectivity index (χ1) is 21.6. The van der Waals surface area contributed by atoms with Crippen LogP contribution in [0.2, 0.25) is 0 Å². The number of hydrogen-bond acceptors (Lipinski definition) is 7. The predicted molar refractivity (Wildman–Crippen MR) is 165 cm³/mol. The number of aromatic nitrogens is 1. The molecule has 3 N–H and O–H groups in total. The Bertz CT molecular complexity index is 1540. The number of primary amides is 1. The Hall–Kier alpha value is -4.62. The van der Waals surface area contributed by atoms with Gasteiger partial charge >= 0.3 is 6.03 Å². The first-order valence-corrected chi connectivity index (χ1v) is 14.8. The van der Waals surface area contributed by atoms with Crippen LogP contribution in [0.3, 0.4) is 0 Å². The molecule has 0 radical (unpaired) electrons. The van der Waals surface area contributed by atoms with Gasteiger partial charge in [-0.25, -0.2) is 18.6 Å². The molecule has 3 aromatic rings. The first kappa shape index (κ1) is 31.8. The van der Waals surface area contributed by atoms with Gasteiger partial charge in [-0.15, -0.1) is 0 Å². The third kappa shape index (κ3) is 7.55. The molecule has 0 unspecified atom stereocenters. The van der Waals surface area contributed by atoms with Gasteiger partial charge in [0.15, 0.2) is 5.82 Å². The summed E-state index contributed by atoms with van der Waals surface area (Å²) in [5.41, 5.74) is 4.11. The summed E-state index contributed by atoms with van der Waals surface area (Å²) in [7, 11) is 3.84. The van der Waals surface area contributed by atoms with Crippen LogP contribution in [0.1, 0.15) is 19.3 Å². The molecule has 1 aliphatic carbocycles. The molecule has 1 aromatic heterocycles. The second-order valence-electron chi connectivity index (χ2n) is 11.5. The number of nitrogens with zero attached hydrogens (tertiary/aromatic N) is 5. The van der Waals surface area contributed by atoms with E-state index >= 15 is 4.39 Å². The Morgan fingerprint density at radius 3 is 2.33 bits per heavy atom. The highest BCUT2D eigenvalue weighted by atomic mass is 19.1. The number of nitrogens with two attached hydrogens (primary N) is 1. The van der Waals surface area contributed by atoms with Crippen LogP contribution in [-0.4, -0.2) is 90.9 Å². The molecule has 2 aliphatic rings. The number of piperazine rings is 1. The predicted octanol–water partition coefficient (Wildman–Crippen LogP) is 4.18. The Kier molecular flexibility index (Phi) is 9.59. The van der Waals surface area contributed by atoms with Gasteiger partial charge in [0, 0.05) is 63.8 Å². The highest BCUT2D eigenvalue weighted by molar-refractivity contribution is 6.16. The van der Waals surface area contributed by atoms with Crippen molar-refractivity contribution in [3.05, 3.63) is 72.4 Å². The number of rotatable bonds is 11. The van der Waals surface area contributed by atoms with E-state index < -0.39 is 28.9 Å². The van der Waals surface area contributed by atoms with E-state index in [0.717, 1.165) is 62.2 Å². The average molecular weight is 622 g/mol. The minimum absolute atomic E-state index is 0.114. The lowest BCUT2D eigenvalue weighted by molar-refractivity contribution is -0.133. The Morgan fingerprint density at radius 1 is 1.00 bits per heavy atom. The van der Waals surface area contributed by atoms with Crippen LogP contribution in [-0.2, 0) is 9.59 Å². The van der Waals surface area contributed by atoms with Gasteiger partial charge in [0.1, 0.15) is 28.5 Å². The number of urea groups is 1. The number of hydrogen-bond donors (Lipinski definition) is 2. The molecule has 1 aliphatic heterocycles. The van der Waals surface area contributed by atoms with Crippen LogP contribution in [0, 0.1) is 17.0 Å². The van der Waals surface area contributed by atoms with E-state index in [1.807, 2.05) is 0 Å². The monoisotopic (exact) mass is 621 g/mol. The zero-order chi connectivity index (χ0) is 32.1. The van der Waals surface area contributed by atoms with Gasteiger partial charge in [-0.05, 0) is 75.3 Å². The topological polar surface area (TPSA) is 124 Å². The molecule has 0 atom stereocenters. The maximum atomic E-state index is 15.6. The standard InChI is InChI=1S/C32H37F2N7O4/c1-38-16-18-40(19-17-38)15-3-14-39(2)31(44)37-28-21-25(10-13-36-28)45-24-8-9-27(26(34)20-24)41(23-6-4-22(33)5-7-23)30(43)32(11-12-32)29(35)42/h4-10,13,20-21H,3,11-12,14-19H2,1-2H3,(H2,35,42)(H,36,37,44). The first-order valence-electron chi connectivity index (χ1n) is 14.8. The number of carbonyl (C=O) groups is 3. The molecule has 0 spiro atoms. The number of anilines is 3. The molecule has 4 amide bonds. The molecule has 2 fully saturated rings. The SMILES string of the molecule is CN1CCN(CCCN(C)C(=O)Nc2cc(Oc3ccc(N(C(=O)C4(C(N)=O)CC4)c4ccc(F)cc4)c(F)c3)ccn2)CC1. The third-order valence-electron chi connectivity index (χ3n) is 8.19. The van der Waals surface area contributed by atoms with Gasteiger partial charge < -0.3 is 25.2 Å². The zero-order valence-corrected chi connectivity index (χ0v) is 25.3. The lowest BCUT2D eigenvalue weighted by Crippen LogP contribution is -2.45. The van der Waals surface area contributed by atoms with Crippen molar-refractivity contribution in [2.75, 3.05) is 63.6 Å². The summed E-state index contributed by atoms with van der Waals surface area (Å²) in [6.07, 6.45) is 2.79. The number of ether oxygens (including phenoxy) is 1. The number of likely N-dealkylation sites (N-methyl/N-ethyl adjacent to an activating group) is 1. The van der Waals surface area contributed by atoms with Crippen molar-refractivity contribution in [3.8, 4) is 11.5 Å². The van der Waals surface area contributed by atoms with Crippen LogP contribution in [0.25, 0.3) is 0 Å². The molecule has 11 nitrogen and oxygen atoms in total. The van der Waals surface area contributed by atoms with Crippen LogP contribution in [0.15, 0.2) is 60.8 Å². The van der Waals surface area contributed by atoms with E-state index in [2.05, 4.69) is 27.1 Å². The fourth-order valence-corrected chi connectivity index (χ4v) is 5.18. The summed E-state index contributed by atoms with van der Waals surface area (Å²) < 4.78 is 35.0. The minimum atomic E-state index is -1.44. The van der Waals surface area contributed by atoms with Crippen molar-refractivity contribution in [3.63, 3.8) is 0 Å². The summed E-state index contributed by atoms with van der Waals surface area (Å²) in [5, 5.41) is 2.75. The Morgan fingerprint density at radius 2 is 1.69 bits per heavy atom. The minimum Gasteiger partial charge on any atom is -0.457 e. The quantitative estimate of drug-likeness (QED) is 0.308. The van der Waals surface area contributed by atoms with Gasteiger partial charge in [0.05, 0.1) is 5.69 Å². The van der Waals surface area contributed by atoms with Crippen molar-refractivity contribution in [2.45, 2.75) is 19.3 Å². The number of pyridine rings is 1. The van der Waals surface area contributed by atoms with E-state index in [1.165, 1.54) is 36.5 Å². The molecule has 238 valence electrons. The van der Waals surface area contributed by atoms with Crippen molar-refractivity contribution in [1.29, 1.82) is 0 Å². The van der Waals surface area contributed by atoms with Crippen molar-refractivity contribution in [1.82, 2.24) is 19.7 Å². The lowest BCUT2D eigenvalue weighted by atomic mass is 10.0. The molecule has 45 heavy (non-hydrogen) atoms. The molecular weight excluding hydrogens is 584 g/mol. The van der Waals surface area contributed by atoms with E-state index in [-0.39, 0.29) is 41.8 Å². The number of amides is 4. The molecule has 2 heterocycles. The third-order valence-corrected chi connectivity index (χ3v) is 8.19. The number of halogens is 2. The summed E-state index contributed by atoms with van der Waals surface area (Å²) in [5.74, 6) is -2.16. The van der Waals surface area contributed by atoms with E-state index in [0.29, 0.717) is 12.3 Å². The van der Waals surface area contributed by atoms with Crippen LogP contribution in [0.5, 0.6) is 11.5 Å². The molecule has 2 aromatic carbocycles. The highest BCUT2D eigenvalue weighted by Gasteiger charge is 2.57. The van der Waals surface area contributed by atoms with Gasteiger partial charge in [-0.3, -0.25) is 19.8 Å². The number of carbonyl (C=O) groups excluding carboxylic acids is 3. The van der Waals surface area contributed by atoms with Crippen LogP contribution < -0.4 is 20.7 Å². The maximum absolute atomic E-state index is 15.6. The summed E-state index contributed by atoms with van der Waals surface area (Å²) in [6.45, 7) is 5.64. The van der Waals surface area contributed by atoms with Crippen molar-refractivity contribution >= 4 is 35.0 Å². The Labute approximate surface area is 260 Å². The van der Waals surface area contributed by atoms with Gasteiger partial charge in [-0.2, -0.15) is 0 Å². The maximum Gasteiger partial charge on any atom is 0.322 e. The van der Waals surface area contributed by atoms with Crippen molar-refractivity contribution < 1.29 is 27.9 Å². The molecule has 13 heteroatoms. The number of nitrogens with one attached hydrogen (secondary N) is 1. The second-order valence-corrected chi connectivity index (χ2v) is 11.5. The Balaban J connectivity index is 1.23. The van der Waals surface area contributed by atoms with E-state index in [1.54, 1.807) is 18.0 Å². The second kappa shape index (κ2) is 13.6.